The Bertz CT molecular complexity index is 1190. The van der Waals surface area contributed by atoms with Gasteiger partial charge in [0.25, 0.3) is 10.0 Å². The second-order valence-corrected chi connectivity index (χ2v) is 8.30. The largest absolute Gasteiger partial charge is 0.352 e. The van der Waals surface area contributed by atoms with Gasteiger partial charge >= 0.3 is 0 Å². The maximum absolute atomic E-state index is 12.2. The van der Waals surface area contributed by atoms with Crippen molar-refractivity contribution < 1.29 is 13.2 Å². The van der Waals surface area contributed by atoms with Crippen LogP contribution in [0.25, 0.3) is 5.82 Å². The van der Waals surface area contributed by atoms with Crippen molar-refractivity contribution in [3.63, 3.8) is 0 Å². The number of hydrogen-bond acceptors (Lipinski definition) is 6. The third kappa shape index (κ3) is 4.23. The molecule has 0 atom stereocenters. The fraction of sp³-hybridized carbons (Fsp3) is 0.200. The Balaban J connectivity index is 1.30. The van der Waals surface area contributed by atoms with E-state index in [1.165, 1.54) is 0 Å². The van der Waals surface area contributed by atoms with Gasteiger partial charge in [0, 0.05) is 49.2 Å². The second-order valence-electron chi connectivity index (χ2n) is 6.65. The van der Waals surface area contributed by atoms with Crippen molar-refractivity contribution in [1.82, 2.24) is 24.8 Å². The number of nitrogens with one attached hydrogen (secondary N) is 2. The van der Waals surface area contributed by atoms with Gasteiger partial charge in [0.15, 0.2) is 5.82 Å². The number of fused-ring (bicyclic) bond motifs is 1. The first-order chi connectivity index (χ1) is 14.5. The number of aromatic nitrogens is 3. The maximum atomic E-state index is 12.2. The second kappa shape index (κ2) is 8.46. The predicted molar refractivity (Wildman–Crippen MR) is 111 cm³/mol. The molecule has 1 aromatic carbocycles. The minimum absolute atomic E-state index is 0.113. The van der Waals surface area contributed by atoms with Crippen LogP contribution in [-0.2, 0) is 21.4 Å². The van der Waals surface area contributed by atoms with Crippen molar-refractivity contribution in [2.75, 3.05) is 6.54 Å². The van der Waals surface area contributed by atoms with Gasteiger partial charge < -0.3 is 5.32 Å². The quantitative estimate of drug-likeness (QED) is 0.556. The summed E-state index contributed by atoms with van der Waals surface area (Å²) in [6.07, 6.45) is 5.92. The van der Waals surface area contributed by atoms with Crippen LogP contribution in [0.1, 0.15) is 24.0 Å². The molecule has 3 aromatic rings. The average Bonchev–Trinajstić information content (AvgIpc) is 3.37. The first-order valence-corrected chi connectivity index (χ1v) is 10.9. The van der Waals surface area contributed by atoms with Crippen LogP contribution in [0.5, 0.6) is 0 Å². The number of sulfonamides is 1. The zero-order valence-electron chi connectivity index (χ0n) is 16.0. The molecule has 3 heterocycles. The normalized spacial score (nSPS) is 15.5. The smallest absolute Gasteiger partial charge is 0.263 e. The molecule has 0 radical (unpaired) electrons. The van der Waals surface area contributed by atoms with E-state index in [2.05, 4.69) is 25.1 Å². The molecule has 154 valence electrons. The number of carbonyl (C=O) groups excluding carboxylic acids is 1. The third-order valence-corrected chi connectivity index (χ3v) is 5.96. The van der Waals surface area contributed by atoms with Gasteiger partial charge in [-0.25, -0.2) is 18.1 Å². The van der Waals surface area contributed by atoms with Gasteiger partial charge in [0.05, 0.1) is 4.90 Å². The van der Waals surface area contributed by atoms with Crippen molar-refractivity contribution in [1.29, 1.82) is 0 Å². The van der Waals surface area contributed by atoms with Crippen LogP contribution in [0.2, 0.25) is 0 Å². The number of hydrogen-bond donors (Lipinski definition) is 2. The average molecular weight is 424 g/mol. The van der Waals surface area contributed by atoms with Gasteiger partial charge in [-0.2, -0.15) is 5.10 Å². The summed E-state index contributed by atoms with van der Waals surface area (Å²) >= 11 is 0. The van der Waals surface area contributed by atoms with Gasteiger partial charge in [0.1, 0.15) is 5.84 Å². The van der Waals surface area contributed by atoms with Gasteiger partial charge in [0.2, 0.25) is 5.91 Å². The molecule has 4 rings (SSSR count). The molecule has 1 aliphatic rings. The van der Waals surface area contributed by atoms with E-state index in [9.17, 15) is 13.2 Å². The molecule has 2 aromatic heterocycles. The van der Waals surface area contributed by atoms with Crippen LogP contribution in [0, 0.1) is 0 Å². The van der Waals surface area contributed by atoms with Crippen LogP contribution in [0.15, 0.2) is 70.9 Å². The summed E-state index contributed by atoms with van der Waals surface area (Å²) in [5.74, 6) is 0.879. The van der Waals surface area contributed by atoms with E-state index < -0.39 is 10.0 Å². The molecule has 30 heavy (non-hydrogen) atoms. The fourth-order valence-electron chi connectivity index (χ4n) is 3.13. The Hall–Kier alpha value is -3.53. The number of carbonyl (C=O) groups is 1. The first-order valence-electron chi connectivity index (χ1n) is 9.42. The van der Waals surface area contributed by atoms with Crippen molar-refractivity contribution in [2.45, 2.75) is 24.3 Å². The molecular weight excluding hydrogens is 404 g/mol. The Labute approximate surface area is 173 Å². The molecule has 0 saturated carbocycles. The summed E-state index contributed by atoms with van der Waals surface area (Å²) in [7, 11) is -3.54. The van der Waals surface area contributed by atoms with E-state index in [1.54, 1.807) is 53.6 Å². The predicted octanol–water partition coefficient (Wildman–Crippen LogP) is 1.40. The number of amides is 1. The fourth-order valence-corrected chi connectivity index (χ4v) is 4.38. The molecule has 0 unspecified atom stereocenters. The van der Waals surface area contributed by atoms with E-state index in [1.807, 2.05) is 12.1 Å². The van der Waals surface area contributed by atoms with E-state index in [0.717, 1.165) is 5.56 Å². The highest BCUT2D eigenvalue weighted by atomic mass is 32.2. The molecule has 0 aliphatic carbocycles. The molecule has 0 fully saturated rings. The molecule has 10 heteroatoms. The standard InChI is InChI=1S/C20H20N6O3S/c27-18(23-14-15-6-3-11-22-20(15)26-13-5-12-24-26)9-4-10-21-19-16-7-1-2-8-17(16)30(28,29)25-19/h1-3,5-8,11-13H,4,9-10,14H2,(H,21,25)(H,23,27). The minimum Gasteiger partial charge on any atom is -0.352 e. The van der Waals surface area contributed by atoms with Crippen molar-refractivity contribution in [3.8, 4) is 5.82 Å². The van der Waals surface area contributed by atoms with Crippen LogP contribution in [-0.4, -0.2) is 41.5 Å². The molecule has 1 amide bonds. The lowest BCUT2D eigenvalue weighted by Crippen LogP contribution is -2.24. The lowest BCUT2D eigenvalue weighted by atomic mass is 10.2. The monoisotopic (exact) mass is 424 g/mol. The van der Waals surface area contributed by atoms with Crippen molar-refractivity contribution in [3.05, 3.63) is 72.2 Å². The number of nitrogens with zero attached hydrogens (tertiary/aromatic N) is 4. The summed E-state index contributed by atoms with van der Waals surface area (Å²) < 4.78 is 28.2. The number of amidine groups is 1. The Kier molecular flexibility index (Phi) is 5.57. The molecule has 1 aliphatic heterocycles. The third-order valence-electron chi connectivity index (χ3n) is 4.56. The SMILES string of the molecule is O=C(CCCN=C1NS(=O)(=O)c2ccccc21)NCc1cccnc1-n1cccn1. The molecule has 2 N–H and O–H groups in total. The van der Waals surface area contributed by atoms with Crippen LogP contribution in [0.4, 0.5) is 0 Å². The van der Waals surface area contributed by atoms with Gasteiger partial charge in [-0.1, -0.05) is 18.2 Å². The summed E-state index contributed by atoms with van der Waals surface area (Å²) in [5.41, 5.74) is 1.41. The van der Waals surface area contributed by atoms with Gasteiger partial charge in [-0.05, 0) is 30.7 Å². The Morgan fingerprint density at radius 2 is 2.00 bits per heavy atom. The van der Waals surface area contributed by atoms with Crippen LogP contribution < -0.4 is 10.0 Å². The van der Waals surface area contributed by atoms with E-state index in [4.69, 9.17) is 0 Å². The highest BCUT2D eigenvalue weighted by Crippen LogP contribution is 2.22. The minimum atomic E-state index is -3.54. The number of rotatable bonds is 7. The topological polar surface area (TPSA) is 118 Å². The zero-order valence-corrected chi connectivity index (χ0v) is 16.8. The number of pyridine rings is 1. The maximum Gasteiger partial charge on any atom is 0.263 e. The summed E-state index contributed by atoms with van der Waals surface area (Å²) in [6.45, 7) is 0.675. The van der Waals surface area contributed by atoms with Crippen LogP contribution in [0.3, 0.4) is 0 Å². The van der Waals surface area contributed by atoms with Crippen molar-refractivity contribution >= 4 is 21.8 Å². The number of benzene rings is 1. The molecule has 0 spiro atoms. The lowest BCUT2D eigenvalue weighted by molar-refractivity contribution is -0.121. The van der Waals surface area contributed by atoms with E-state index in [0.29, 0.717) is 36.7 Å². The summed E-state index contributed by atoms with van der Waals surface area (Å²) in [5, 5.41) is 7.06. The highest BCUT2D eigenvalue weighted by molar-refractivity contribution is 7.90. The Morgan fingerprint density at radius 3 is 2.83 bits per heavy atom. The van der Waals surface area contributed by atoms with Gasteiger partial charge in [-0.15, -0.1) is 0 Å². The molecular formula is C20H20N6O3S. The van der Waals surface area contributed by atoms with E-state index in [-0.39, 0.29) is 17.2 Å². The molecule has 0 saturated heterocycles. The number of aliphatic imine (C=N–C) groups is 1. The molecule has 0 bridgehead atoms. The summed E-state index contributed by atoms with van der Waals surface area (Å²) in [4.78, 5) is 21.1. The summed E-state index contributed by atoms with van der Waals surface area (Å²) in [6, 6.07) is 12.2. The van der Waals surface area contributed by atoms with E-state index >= 15 is 0 Å². The molecule has 9 nitrogen and oxygen atoms in total. The Morgan fingerprint density at radius 1 is 1.13 bits per heavy atom. The first kappa shape index (κ1) is 19.8. The highest BCUT2D eigenvalue weighted by Gasteiger charge is 2.29. The van der Waals surface area contributed by atoms with Crippen LogP contribution >= 0.6 is 0 Å². The van der Waals surface area contributed by atoms with Crippen molar-refractivity contribution in [2.24, 2.45) is 4.99 Å². The van der Waals surface area contributed by atoms with Gasteiger partial charge in [-0.3, -0.25) is 14.5 Å². The lowest BCUT2D eigenvalue weighted by Gasteiger charge is -2.09. The zero-order chi connectivity index (χ0) is 21.0.